The molecule has 0 spiro atoms. The lowest BCUT2D eigenvalue weighted by Crippen LogP contribution is -2.52. The Morgan fingerprint density at radius 2 is 2.14 bits per heavy atom. The van der Waals surface area contributed by atoms with Gasteiger partial charge in [0.05, 0.1) is 13.2 Å². The topological polar surface area (TPSA) is 114 Å². The van der Waals surface area contributed by atoms with E-state index in [1.807, 2.05) is 19.1 Å². The van der Waals surface area contributed by atoms with E-state index in [0.29, 0.717) is 31.7 Å². The van der Waals surface area contributed by atoms with Crippen LogP contribution in [0.2, 0.25) is 0 Å². The fourth-order valence-corrected chi connectivity index (χ4v) is 3.86. The van der Waals surface area contributed by atoms with Gasteiger partial charge in [-0.1, -0.05) is 19.1 Å². The van der Waals surface area contributed by atoms with Gasteiger partial charge < -0.3 is 19.7 Å². The van der Waals surface area contributed by atoms with Crippen molar-refractivity contribution in [1.82, 2.24) is 15.5 Å². The first-order valence-electron chi connectivity index (χ1n) is 9.71. The Morgan fingerprint density at radius 3 is 2.86 bits per heavy atom. The lowest BCUT2D eigenvalue weighted by atomic mass is 10.0. The quantitative estimate of drug-likeness (QED) is 0.719. The maximum atomic E-state index is 12.8. The summed E-state index contributed by atoms with van der Waals surface area (Å²) in [5.41, 5.74) is 2.10. The molecule has 2 saturated heterocycles. The number of carbonyl (C=O) groups excluding carboxylic acids is 4. The number of alkyl carbamates (subject to hydrolysis) is 1. The number of rotatable bonds is 4. The van der Waals surface area contributed by atoms with Gasteiger partial charge in [-0.25, -0.2) is 4.79 Å². The summed E-state index contributed by atoms with van der Waals surface area (Å²) in [5.74, 6) is -0.820. The highest BCUT2D eigenvalue weighted by Crippen LogP contribution is 2.28. The number of hydrogen-bond donors (Lipinski definition) is 2. The summed E-state index contributed by atoms with van der Waals surface area (Å²) in [4.78, 5) is 49.8. The first kappa shape index (κ1) is 19.4. The molecule has 2 fully saturated rings. The molecule has 9 nitrogen and oxygen atoms in total. The molecule has 3 heterocycles. The van der Waals surface area contributed by atoms with Crippen LogP contribution < -0.4 is 10.6 Å². The second kappa shape index (κ2) is 7.82. The van der Waals surface area contributed by atoms with Crippen molar-refractivity contribution in [3.63, 3.8) is 0 Å². The van der Waals surface area contributed by atoms with Gasteiger partial charge in [0.1, 0.15) is 12.1 Å². The monoisotopic (exact) mass is 401 g/mol. The van der Waals surface area contributed by atoms with E-state index in [2.05, 4.69) is 10.6 Å². The molecule has 0 aromatic heterocycles. The summed E-state index contributed by atoms with van der Waals surface area (Å²) in [7, 11) is 0. The van der Waals surface area contributed by atoms with Crippen LogP contribution in [0.1, 0.15) is 41.3 Å². The molecule has 1 aromatic rings. The molecule has 3 unspecified atom stereocenters. The predicted molar refractivity (Wildman–Crippen MR) is 99.6 cm³/mol. The minimum atomic E-state index is -0.639. The lowest BCUT2D eigenvalue weighted by Gasteiger charge is -2.29. The molecular weight excluding hydrogens is 378 g/mol. The molecule has 0 radical (unpaired) electrons. The molecule has 3 aliphatic rings. The summed E-state index contributed by atoms with van der Waals surface area (Å²) in [6, 6.07) is 4.75. The zero-order chi connectivity index (χ0) is 20.5. The van der Waals surface area contributed by atoms with Gasteiger partial charge >= 0.3 is 6.09 Å². The van der Waals surface area contributed by atoms with E-state index >= 15 is 0 Å². The van der Waals surface area contributed by atoms with Crippen molar-refractivity contribution in [2.75, 3.05) is 13.2 Å². The van der Waals surface area contributed by atoms with Gasteiger partial charge in [-0.2, -0.15) is 0 Å². The average molecular weight is 401 g/mol. The van der Waals surface area contributed by atoms with Crippen molar-refractivity contribution in [3.8, 4) is 0 Å². The molecule has 0 aliphatic carbocycles. The Bertz CT molecular complexity index is 870. The number of ether oxygens (including phenoxy) is 2. The lowest BCUT2D eigenvalue weighted by molar-refractivity contribution is -0.136. The number of fused-ring (bicyclic) bond motifs is 1. The molecule has 4 amide bonds. The Kier molecular flexibility index (Phi) is 5.23. The highest BCUT2D eigenvalue weighted by molar-refractivity contribution is 6.05. The molecule has 3 aliphatic heterocycles. The third kappa shape index (κ3) is 3.95. The SMILES string of the molecule is CC1COCC1OC(=O)NCc1ccc2c(c1)C(=O)N(C1CCC(=O)NC1=O)C2. The Hall–Kier alpha value is -2.94. The first-order chi connectivity index (χ1) is 13.9. The van der Waals surface area contributed by atoms with E-state index in [1.165, 1.54) is 4.90 Å². The Morgan fingerprint density at radius 1 is 1.31 bits per heavy atom. The van der Waals surface area contributed by atoms with E-state index in [1.54, 1.807) is 6.07 Å². The van der Waals surface area contributed by atoms with Crippen molar-refractivity contribution in [1.29, 1.82) is 0 Å². The van der Waals surface area contributed by atoms with E-state index in [9.17, 15) is 19.2 Å². The number of carbonyl (C=O) groups is 4. The van der Waals surface area contributed by atoms with Gasteiger partial charge in [-0.05, 0) is 23.6 Å². The van der Waals surface area contributed by atoms with Crippen molar-refractivity contribution in [2.24, 2.45) is 5.92 Å². The van der Waals surface area contributed by atoms with Crippen LogP contribution in [0, 0.1) is 5.92 Å². The van der Waals surface area contributed by atoms with Crippen molar-refractivity contribution in [2.45, 2.75) is 45.0 Å². The fourth-order valence-electron chi connectivity index (χ4n) is 3.86. The highest BCUT2D eigenvalue weighted by Gasteiger charge is 2.39. The number of hydrogen-bond acceptors (Lipinski definition) is 6. The standard InChI is InChI=1S/C20H23N3O6/c1-11-9-28-10-16(11)29-20(27)21-7-12-2-3-13-8-23(19(26)14(13)6-12)15-4-5-17(24)22-18(15)25/h2-3,6,11,15-16H,4-5,7-10H2,1H3,(H,21,27)(H,22,24,25). The Labute approximate surface area is 167 Å². The first-order valence-corrected chi connectivity index (χ1v) is 9.71. The zero-order valence-electron chi connectivity index (χ0n) is 16.1. The molecular formula is C20H23N3O6. The summed E-state index contributed by atoms with van der Waals surface area (Å²) in [6.45, 7) is 3.49. The van der Waals surface area contributed by atoms with Crippen LogP contribution in [-0.4, -0.2) is 54.1 Å². The summed E-state index contributed by atoms with van der Waals surface area (Å²) >= 11 is 0. The predicted octanol–water partition coefficient (Wildman–Crippen LogP) is 0.709. The van der Waals surface area contributed by atoms with E-state index < -0.39 is 18.0 Å². The largest absolute Gasteiger partial charge is 0.443 e. The number of nitrogens with zero attached hydrogens (tertiary/aromatic N) is 1. The maximum absolute atomic E-state index is 12.8. The minimum absolute atomic E-state index is 0.164. The molecule has 29 heavy (non-hydrogen) atoms. The van der Waals surface area contributed by atoms with Gasteiger partial charge in [0.15, 0.2) is 0 Å². The molecule has 4 rings (SSSR count). The fraction of sp³-hybridized carbons (Fsp3) is 0.500. The van der Waals surface area contributed by atoms with Crippen LogP contribution in [0.15, 0.2) is 18.2 Å². The van der Waals surface area contributed by atoms with Gasteiger partial charge in [-0.15, -0.1) is 0 Å². The zero-order valence-corrected chi connectivity index (χ0v) is 16.1. The van der Waals surface area contributed by atoms with Crippen molar-refractivity contribution in [3.05, 3.63) is 34.9 Å². The molecule has 3 atom stereocenters. The summed E-state index contributed by atoms with van der Waals surface area (Å²) < 4.78 is 10.6. The normalized spacial score (nSPS) is 26.3. The second-order valence-corrected chi connectivity index (χ2v) is 7.70. The number of imide groups is 1. The molecule has 0 bridgehead atoms. The number of amides is 4. The van der Waals surface area contributed by atoms with E-state index in [-0.39, 0.29) is 36.8 Å². The van der Waals surface area contributed by atoms with E-state index in [4.69, 9.17) is 9.47 Å². The second-order valence-electron chi connectivity index (χ2n) is 7.70. The third-order valence-corrected chi connectivity index (χ3v) is 5.59. The average Bonchev–Trinajstić information content (AvgIpc) is 3.23. The van der Waals surface area contributed by atoms with Crippen LogP contribution in [0.5, 0.6) is 0 Å². The molecule has 2 N–H and O–H groups in total. The molecule has 154 valence electrons. The van der Waals surface area contributed by atoms with Gasteiger partial charge in [0.25, 0.3) is 5.91 Å². The third-order valence-electron chi connectivity index (χ3n) is 5.59. The molecule has 9 heteroatoms. The number of piperidine rings is 1. The Balaban J connectivity index is 1.37. The van der Waals surface area contributed by atoms with Crippen LogP contribution in [0.3, 0.4) is 0 Å². The van der Waals surface area contributed by atoms with Crippen molar-refractivity contribution < 1.29 is 28.7 Å². The minimum Gasteiger partial charge on any atom is -0.443 e. The maximum Gasteiger partial charge on any atom is 0.407 e. The van der Waals surface area contributed by atoms with Crippen LogP contribution in [-0.2, 0) is 32.2 Å². The van der Waals surface area contributed by atoms with Crippen LogP contribution in [0.4, 0.5) is 4.79 Å². The van der Waals surface area contributed by atoms with E-state index in [0.717, 1.165) is 11.1 Å². The molecule has 0 saturated carbocycles. The molecule has 1 aromatic carbocycles. The van der Waals surface area contributed by atoms with Gasteiger partial charge in [0, 0.05) is 31.0 Å². The van der Waals surface area contributed by atoms with Gasteiger partial charge in [0.2, 0.25) is 11.8 Å². The van der Waals surface area contributed by atoms with Gasteiger partial charge in [-0.3, -0.25) is 19.7 Å². The highest BCUT2D eigenvalue weighted by atomic mass is 16.6. The van der Waals surface area contributed by atoms with Crippen molar-refractivity contribution >= 4 is 23.8 Å². The van der Waals surface area contributed by atoms with Crippen LogP contribution >= 0.6 is 0 Å². The smallest absolute Gasteiger partial charge is 0.407 e. The number of nitrogens with one attached hydrogen (secondary N) is 2. The van der Waals surface area contributed by atoms with Crippen LogP contribution in [0.25, 0.3) is 0 Å². The summed E-state index contributed by atoms with van der Waals surface area (Å²) in [6.07, 6.45) is -0.227. The summed E-state index contributed by atoms with van der Waals surface area (Å²) in [5, 5.41) is 4.98. The number of benzene rings is 1.